The SMILES string of the molecule is CC(C)(C)c1ccc(-c2n[c]on2)cc1. The van der Waals surface area contributed by atoms with Gasteiger partial charge in [0, 0.05) is 5.56 Å². The molecule has 15 heavy (non-hydrogen) atoms. The third-order valence-electron chi connectivity index (χ3n) is 2.33. The minimum Gasteiger partial charge on any atom is -0.328 e. The van der Waals surface area contributed by atoms with E-state index in [4.69, 9.17) is 0 Å². The monoisotopic (exact) mass is 201 g/mol. The van der Waals surface area contributed by atoms with E-state index in [-0.39, 0.29) is 5.41 Å². The molecule has 0 fully saturated rings. The molecule has 1 radical (unpaired) electrons. The number of hydrogen-bond acceptors (Lipinski definition) is 3. The summed E-state index contributed by atoms with van der Waals surface area (Å²) < 4.78 is 4.58. The summed E-state index contributed by atoms with van der Waals surface area (Å²) in [4.78, 5) is 3.88. The lowest BCUT2D eigenvalue weighted by molar-refractivity contribution is 0.411. The van der Waals surface area contributed by atoms with Crippen molar-refractivity contribution >= 4 is 0 Å². The number of aromatic nitrogens is 2. The topological polar surface area (TPSA) is 38.9 Å². The van der Waals surface area contributed by atoms with Gasteiger partial charge < -0.3 is 4.52 Å². The second-order valence-corrected chi connectivity index (χ2v) is 4.54. The molecule has 1 aromatic heterocycles. The van der Waals surface area contributed by atoms with E-state index in [9.17, 15) is 0 Å². The van der Waals surface area contributed by atoms with Gasteiger partial charge in [-0.1, -0.05) is 50.2 Å². The first kappa shape index (κ1) is 9.90. The molecule has 0 amide bonds. The van der Waals surface area contributed by atoms with Crippen LogP contribution in [0.15, 0.2) is 28.8 Å². The average Bonchev–Trinajstić information content (AvgIpc) is 2.69. The lowest BCUT2D eigenvalue weighted by Gasteiger charge is -2.18. The maximum atomic E-state index is 4.58. The molecule has 3 heteroatoms. The van der Waals surface area contributed by atoms with Crippen LogP contribution in [0.25, 0.3) is 11.4 Å². The predicted molar refractivity (Wildman–Crippen MR) is 57.3 cm³/mol. The van der Waals surface area contributed by atoms with Crippen LogP contribution >= 0.6 is 0 Å². The van der Waals surface area contributed by atoms with Gasteiger partial charge in [-0.15, -0.1) is 0 Å². The second-order valence-electron chi connectivity index (χ2n) is 4.54. The molecule has 0 spiro atoms. The third kappa shape index (κ3) is 2.06. The first-order valence-corrected chi connectivity index (χ1v) is 4.88. The summed E-state index contributed by atoms with van der Waals surface area (Å²) in [5, 5.41) is 3.74. The van der Waals surface area contributed by atoms with Crippen molar-refractivity contribution in [3.63, 3.8) is 0 Å². The van der Waals surface area contributed by atoms with Crippen molar-refractivity contribution in [3.05, 3.63) is 36.2 Å². The summed E-state index contributed by atoms with van der Waals surface area (Å²) in [6, 6.07) is 8.18. The lowest BCUT2D eigenvalue weighted by atomic mass is 9.87. The molecule has 0 atom stereocenters. The highest BCUT2D eigenvalue weighted by atomic mass is 16.5. The van der Waals surface area contributed by atoms with E-state index >= 15 is 0 Å². The van der Waals surface area contributed by atoms with E-state index in [2.05, 4.69) is 54.0 Å². The molecule has 0 saturated carbocycles. The highest BCUT2D eigenvalue weighted by Gasteiger charge is 2.13. The Kier molecular flexibility index (Phi) is 2.31. The molecule has 0 aliphatic carbocycles. The standard InChI is InChI=1S/C12H13N2O/c1-12(2,3)10-6-4-9(5-7-10)11-13-8-15-14-11/h4-7H,1-3H3. The highest BCUT2D eigenvalue weighted by Crippen LogP contribution is 2.24. The van der Waals surface area contributed by atoms with Gasteiger partial charge in [0.05, 0.1) is 0 Å². The lowest BCUT2D eigenvalue weighted by Crippen LogP contribution is -2.10. The van der Waals surface area contributed by atoms with Gasteiger partial charge in [0.25, 0.3) is 0 Å². The number of nitrogens with zero attached hydrogens (tertiary/aromatic N) is 2. The van der Waals surface area contributed by atoms with Crippen LogP contribution in [0.1, 0.15) is 26.3 Å². The molecule has 0 saturated heterocycles. The van der Waals surface area contributed by atoms with Crippen molar-refractivity contribution in [1.82, 2.24) is 10.1 Å². The zero-order chi connectivity index (χ0) is 10.9. The minimum atomic E-state index is 0.169. The van der Waals surface area contributed by atoms with E-state index in [1.165, 1.54) is 5.56 Å². The first-order chi connectivity index (χ1) is 7.07. The van der Waals surface area contributed by atoms with Crippen molar-refractivity contribution in [1.29, 1.82) is 0 Å². The van der Waals surface area contributed by atoms with E-state index in [1.807, 2.05) is 12.1 Å². The summed E-state index contributed by atoms with van der Waals surface area (Å²) in [6.45, 7) is 6.55. The fourth-order valence-electron chi connectivity index (χ4n) is 1.38. The number of hydrogen-bond donors (Lipinski definition) is 0. The summed E-state index contributed by atoms with van der Waals surface area (Å²) in [6.07, 6.45) is 2.34. The van der Waals surface area contributed by atoms with Crippen LogP contribution in [0.3, 0.4) is 0 Å². The molecule has 0 aliphatic heterocycles. The van der Waals surface area contributed by atoms with Gasteiger partial charge in [-0.3, -0.25) is 0 Å². The maximum absolute atomic E-state index is 4.58. The van der Waals surface area contributed by atoms with Gasteiger partial charge in [-0.25, -0.2) is 0 Å². The smallest absolute Gasteiger partial charge is 0.316 e. The van der Waals surface area contributed by atoms with E-state index < -0.39 is 0 Å². The minimum absolute atomic E-state index is 0.169. The molecule has 0 bridgehead atoms. The van der Waals surface area contributed by atoms with Gasteiger partial charge in [0.15, 0.2) is 0 Å². The molecule has 1 aromatic carbocycles. The van der Waals surface area contributed by atoms with Crippen molar-refractivity contribution in [2.24, 2.45) is 0 Å². The molecular weight excluding hydrogens is 188 g/mol. The van der Waals surface area contributed by atoms with Gasteiger partial charge in [-0.05, 0) is 11.0 Å². The molecule has 2 rings (SSSR count). The Morgan fingerprint density at radius 2 is 1.80 bits per heavy atom. The van der Waals surface area contributed by atoms with Crippen LogP contribution in [0.5, 0.6) is 0 Å². The first-order valence-electron chi connectivity index (χ1n) is 4.88. The normalized spacial score (nSPS) is 11.7. The number of rotatable bonds is 1. The average molecular weight is 201 g/mol. The van der Waals surface area contributed by atoms with Gasteiger partial charge >= 0.3 is 6.39 Å². The second kappa shape index (κ2) is 3.50. The quantitative estimate of drug-likeness (QED) is 0.712. The van der Waals surface area contributed by atoms with E-state index in [0.717, 1.165) is 5.56 Å². The summed E-state index contributed by atoms with van der Waals surface area (Å²) in [5.41, 5.74) is 2.41. The molecular formula is C12H13N2O. The third-order valence-corrected chi connectivity index (χ3v) is 2.33. The molecule has 3 nitrogen and oxygen atoms in total. The van der Waals surface area contributed by atoms with Crippen molar-refractivity contribution < 1.29 is 4.52 Å². The Morgan fingerprint density at radius 1 is 1.13 bits per heavy atom. The highest BCUT2D eigenvalue weighted by molar-refractivity contribution is 5.54. The summed E-state index contributed by atoms with van der Waals surface area (Å²) in [5.74, 6) is 0.579. The van der Waals surface area contributed by atoms with Crippen molar-refractivity contribution in [2.75, 3.05) is 0 Å². The van der Waals surface area contributed by atoms with Crippen LogP contribution in [0.2, 0.25) is 0 Å². The molecule has 77 valence electrons. The molecule has 1 heterocycles. The zero-order valence-corrected chi connectivity index (χ0v) is 9.11. The fraction of sp³-hybridized carbons (Fsp3) is 0.333. The van der Waals surface area contributed by atoms with Crippen LogP contribution in [0.4, 0.5) is 0 Å². The van der Waals surface area contributed by atoms with Gasteiger partial charge in [0.1, 0.15) is 0 Å². The molecule has 0 unspecified atom stereocenters. The van der Waals surface area contributed by atoms with Gasteiger partial charge in [-0.2, -0.15) is 4.98 Å². The van der Waals surface area contributed by atoms with Gasteiger partial charge in [0.2, 0.25) is 5.82 Å². The van der Waals surface area contributed by atoms with Crippen molar-refractivity contribution in [3.8, 4) is 11.4 Å². The number of benzene rings is 1. The van der Waals surface area contributed by atoms with E-state index in [1.54, 1.807) is 0 Å². The predicted octanol–water partition coefficient (Wildman–Crippen LogP) is 2.83. The van der Waals surface area contributed by atoms with Crippen molar-refractivity contribution in [2.45, 2.75) is 26.2 Å². The van der Waals surface area contributed by atoms with Crippen LogP contribution in [-0.2, 0) is 5.41 Å². The largest absolute Gasteiger partial charge is 0.328 e. The molecule has 0 aliphatic rings. The maximum Gasteiger partial charge on any atom is 0.316 e. The van der Waals surface area contributed by atoms with Crippen LogP contribution in [-0.4, -0.2) is 10.1 Å². The molecule has 0 N–H and O–H groups in total. The Bertz CT molecular complexity index is 424. The summed E-state index contributed by atoms with van der Waals surface area (Å²) >= 11 is 0. The Hall–Kier alpha value is -1.64. The molecule has 2 aromatic rings. The Morgan fingerprint density at radius 3 is 2.27 bits per heavy atom. The van der Waals surface area contributed by atoms with Crippen LogP contribution in [0, 0.1) is 6.39 Å². The fourth-order valence-corrected chi connectivity index (χ4v) is 1.38. The van der Waals surface area contributed by atoms with Crippen LogP contribution < -0.4 is 0 Å². The Labute approximate surface area is 89.1 Å². The zero-order valence-electron chi connectivity index (χ0n) is 9.11. The Balaban J connectivity index is 2.33. The van der Waals surface area contributed by atoms with E-state index in [0.29, 0.717) is 5.82 Å². The summed E-state index contributed by atoms with van der Waals surface area (Å²) in [7, 11) is 0.